The van der Waals surface area contributed by atoms with Gasteiger partial charge in [-0.1, -0.05) is 11.6 Å². The molecule has 0 spiro atoms. The Morgan fingerprint density at radius 1 is 1.03 bits per heavy atom. The van der Waals surface area contributed by atoms with Gasteiger partial charge >= 0.3 is 12.1 Å². The van der Waals surface area contributed by atoms with Crippen molar-refractivity contribution in [3.8, 4) is 0 Å². The van der Waals surface area contributed by atoms with Gasteiger partial charge in [-0.3, -0.25) is 4.72 Å². The number of ether oxygens (including phenoxy) is 1. The maximum Gasteiger partial charge on any atom is 0.402 e. The van der Waals surface area contributed by atoms with Crippen LogP contribution in [0.15, 0.2) is 52.3 Å². The Kier molecular flexibility index (Phi) is 7.01. The van der Waals surface area contributed by atoms with Crippen LogP contribution in [0.4, 0.5) is 18.9 Å². The fourth-order valence-corrected chi connectivity index (χ4v) is 4.73. The number of sulfonamides is 2. The van der Waals surface area contributed by atoms with Gasteiger partial charge in [-0.2, -0.15) is 13.2 Å². The molecule has 0 aliphatic heterocycles. The first-order valence-electron chi connectivity index (χ1n) is 7.82. The van der Waals surface area contributed by atoms with Crippen molar-refractivity contribution in [2.24, 2.45) is 0 Å². The lowest BCUT2D eigenvalue weighted by Crippen LogP contribution is -2.33. The van der Waals surface area contributed by atoms with Crippen LogP contribution in [0.3, 0.4) is 0 Å². The van der Waals surface area contributed by atoms with E-state index >= 15 is 0 Å². The number of methoxy groups -OCH3 is 1. The number of carbonyl (C=O) groups excluding carboxylic acids is 1. The van der Waals surface area contributed by atoms with Crippen LogP contribution in [-0.2, 0) is 24.8 Å². The largest absolute Gasteiger partial charge is 0.465 e. The molecule has 0 radical (unpaired) electrons. The zero-order valence-corrected chi connectivity index (χ0v) is 17.4. The second-order valence-corrected chi connectivity index (χ2v) is 9.53. The molecule has 30 heavy (non-hydrogen) atoms. The molecule has 0 saturated heterocycles. The fraction of sp³-hybridized carbons (Fsp3) is 0.188. The number of alkyl halides is 3. The van der Waals surface area contributed by atoms with E-state index in [1.54, 1.807) is 0 Å². The van der Waals surface area contributed by atoms with Crippen molar-refractivity contribution < 1.29 is 39.5 Å². The van der Waals surface area contributed by atoms with E-state index in [2.05, 4.69) is 9.46 Å². The molecule has 0 saturated carbocycles. The summed E-state index contributed by atoms with van der Waals surface area (Å²) in [6.07, 6.45) is -4.74. The Morgan fingerprint density at radius 2 is 1.63 bits per heavy atom. The lowest BCUT2D eigenvalue weighted by molar-refractivity contribution is -0.121. The highest BCUT2D eigenvalue weighted by Crippen LogP contribution is 2.26. The average molecular weight is 487 g/mol. The summed E-state index contributed by atoms with van der Waals surface area (Å²) in [5, 5.41) is -0.189. The molecule has 0 amide bonds. The summed E-state index contributed by atoms with van der Waals surface area (Å²) < 4.78 is 93.5. The van der Waals surface area contributed by atoms with E-state index in [4.69, 9.17) is 11.6 Å². The predicted octanol–water partition coefficient (Wildman–Crippen LogP) is 2.77. The van der Waals surface area contributed by atoms with Crippen molar-refractivity contribution >= 4 is 43.3 Å². The van der Waals surface area contributed by atoms with Crippen molar-refractivity contribution in [3.05, 3.63) is 53.1 Å². The molecule has 0 atom stereocenters. The number of anilines is 1. The summed E-state index contributed by atoms with van der Waals surface area (Å²) >= 11 is 5.90. The Bertz CT molecular complexity index is 1150. The van der Waals surface area contributed by atoms with Crippen LogP contribution in [0.2, 0.25) is 5.02 Å². The van der Waals surface area contributed by atoms with Gasteiger partial charge in [-0.05, 0) is 42.5 Å². The topological polar surface area (TPSA) is 119 Å². The van der Waals surface area contributed by atoms with E-state index in [0.29, 0.717) is 0 Å². The van der Waals surface area contributed by atoms with Gasteiger partial charge < -0.3 is 4.74 Å². The van der Waals surface area contributed by atoms with Crippen LogP contribution in [0.25, 0.3) is 0 Å². The molecule has 2 aromatic rings. The minimum Gasteiger partial charge on any atom is -0.465 e. The number of carbonyl (C=O) groups is 1. The van der Waals surface area contributed by atoms with Crippen LogP contribution in [-0.4, -0.2) is 42.6 Å². The number of hydrogen-bond acceptors (Lipinski definition) is 6. The van der Waals surface area contributed by atoms with Gasteiger partial charge in [0.05, 0.1) is 22.6 Å². The third-order valence-corrected chi connectivity index (χ3v) is 6.80. The molecular weight excluding hydrogens is 473 g/mol. The highest BCUT2D eigenvalue weighted by molar-refractivity contribution is 7.92. The molecule has 0 heterocycles. The average Bonchev–Trinajstić information content (AvgIpc) is 2.65. The Hall–Kier alpha value is -2.35. The highest BCUT2D eigenvalue weighted by Gasteiger charge is 2.30. The van der Waals surface area contributed by atoms with Crippen molar-refractivity contribution in [2.45, 2.75) is 16.0 Å². The molecule has 2 rings (SSSR count). The monoisotopic (exact) mass is 486 g/mol. The summed E-state index contributed by atoms with van der Waals surface area (Å²) in [6.45, 7) is -1.75. The van der Waals surface area contributed by atoms with Gasteiger partial charge in [0, 0.05) is 5.69 Å². The zero-order chi connectivity index (χ0) is 22.7. The Labute approximate surface area is 175 Å². The van der Waals surface area contributed by atoms with Crippen LogP contribution in [0.1, 0.15) is 10.4 Å². The van der Waals surface area contributed by atoms with Crippen LogP contribution in [0, 0.1) is 0 Å². The molecule has 14 heteroatoms. The summed E-state index contributed by atoms with van der Waals surface area (Å²) in [6, 6.07) is 7.36. The minimum absolute atomic E-state index is 0.0699. The molecule has 0 bridgehead atoms. The van der Waals surface area contributed by atoms with E-state index < -0.39 is 48.5 Å². The number of nitrogens with one attached hydrogen (secondary N) is 2. The Balaban J connectivity index is 2.26. The maximum absolute atomic E-state index is 12.6. The molecule has 0 aromatic heterocycles. The van der Waals surface area contributed by atoms with Gasteiger partial charge in [0.1, 0.15) is 11.4 Å². The van der Waals surface area contributed by atoms with Crippen molar-refractivity contribution in [3.63, 3.8) is 0 Å². The van der Waals surface area contributed by atoms with E-state index in [1.807, 2.05) is 0 Å². The van der Waals surface area contributed by atoms with E-state index in [1.165, 1.54) is 16.9 Å². The standard InChI is InChI=1S/C16H14ClF3N2O6S2/c1-28-15(23)10-2-7-13(17)14(8-10)30(26,27)22-11-3-5-12(6-4-11)29(24,25)21-9-16(18,19)20/h2-8,21-22H,9H2,1H3. The highest BCUT2D eigenvalue weighted by atomic mass is 35.5. The van der Waals surface area contributed by atoms with E-state index in [9.17, 15) is 34.8 Å². The van der Waals surface area contributed by atoms with E-state index in [0.717, 1.165) is 37.4 Å². The smallest absolute Gasteiger partial charge is 0.402 e. The second-order valence-electron chi connectivity index (χ2n) is 5.71. The number of halogens is 4. The molecular formula is C16H14ClF3N2O6S2. The molecule has 8 nitrogen and oxygen atoms in total. The van der Waals surface area contributed by atoms with Crippen molar-refractivity contribution in [1.29, 1.82) is 0 Å². The van der Waals surface area contributed by atoms with E-state index in [-0.39, 0.29) is 16.3 Å². The van der Waals surface area contributed by atoms with Crippen molar-refractivity contribution in [2.75, 3.05) is 18.4 Å². The molecule has 0 unspecified atom stereocenters. The normalized spacial score (nSPS) is 12.4. The number of benzene rings is 2. The summed E-state index contributed by atoms with van der Waals surface area (Å²) in [7, 11) is -7.63. The first kappa shape index (κ1) is 23.9. The fourth-order valence-electron chi connectivity index (χ4n) is 2.13. The molecule has 0 aliphatic rings. The molecule has 0 fully saturated rings. The lowest BCUT2D eigenvalue weighted by Gasteiger charge is -2.12. The second kappa shape index (κ2) is 8.79. The first-order valence-corrected chi connectivity index (χ1v) is 11.2. The number of hydrogen-bond donors (Lipinski definition) is 2. The van der Waals surface area contributed by atoms with Gasteiger partial charge in [0.2, 0.25) is 10.0 Å². The molecule has 2 aromatic carbocycles. The van der Waals surface area contributed by atoms with Crippen LogP contribution in [0.5, 0.6) is 0 Å². The van der Waals surface area contributed by atoms with Crippen LogP contribution < -0.4 is 9.44 Å². The number of esters is 1. The third kappa shape index (κ3) is 6.08. The summed E-state index contributed by atoms with van der Waals surface area (Å²) in [5.74, 6) is -0.788. The summed E-state index contributed by atoms with van der Waals surface area (Å²) in [4.78, 5) is 10.7. The zero-order valence-electron chi connectivity index (χ0n) is 15.0. The molecule has 164 valence electrons. The summed E-state index contributed by atoms with van der Waals surface area (Å²) in [5.41, 5.74) is -0.163. The van der Waals surface area contributed by atoms with Gasteiger partial charge in [0.25, 0.3) is 10.0 Å². The first-order chi connectivity index (χ1) is 13.7. The van der Waals surface area contributed by atoms with Gasteiger partial charge in [0.15, 0.2) is 0 Å². The predicted molar refractivity (Wildman–Crippen MR) is 101 cm³/mol. The van der Waals surface area contributed by atoms with Crippen LogP contribution >= 0.6 is 11.6 Å². The van der Waals surface area contributed by atoms with Gasteiger partial charge in [-0.15, -0.1) is 0 Å². The number of rotatable bonds is 7. The third-order valence-electron chi connectivity index (χ3n) is 3.52. The Morgan fingerprint density at radius 3 is 2.17 bits per heavy atom. The van der Waals surface area contributed by atoms with Gasteiger partial charge in [-0.25, -0.2) is 26.4 Å². The molecule has 2 N–H and O–H groups in total. The SMILES string of the molecule is COC(=O)c1ccc(Cl)c(S(=O)(=O)Nc2ccc(S(=O)(=O)NCC(F)(F)F)cc2)c1. The quantitative estimate of drug-likeness (QED) is 0.581. The van der Waals surface area contributed by atoms with Crippen molar-refractivity contribution in [1.82, 2.24) is 4.72 Å². The lowest BCUT2D eigenvalue weighted by atomic mass is 10.2. The maximum atomic E-state index is 12.6. The minimum atomic E-state index is -4.74. The molecule has 0 aliphatic carbocycles.